The molecular weight excluding hydrogens is 208 g/mol. The van der Waals surface area contributed by atoms with Gasteiger partial charge in [-0.1, -0.05) is 6.07 Å². The van der Waals surface area contributed by atoms with E-state index >= 15 is 0 Å². The quantitative estimate of drug-likeness (QED) is 0.588. The summed E-state index contributed by atoms with van der Waals surface area (Å²) >= 11 is 0. The molecule has 0 spiro atoms. The molecule has 0 atom stereocenters. The summed E-state index contributed by atoms with van der Waals surface area (Å²) < 4.78 is 9.87. The van der Waals surface area contributed by atoms with E-state index < -0.39 is 11.8 Å². The minimum Gasteiger partial charge on any atom is -0.508 e. The Morgan fingerprint density at radius 1 is 1.31 bits per heavy atom. The summed E-state index contributed by atoms with van der Waals surface area (Å²) in [6, 6.07) is 4.63. The van der Waals surface area contributed by atoms with Crippen molar-refractivity contribution in [3.05, 3.63) is 23.8 Å². The van der Waals surface area contributed by atoms with E-state index in [2.05, 4.69) is 0 Å². The number of benzene rings is 1. The molecule has 0 aromatic heterocycles. The minimum absolute atomic E-state index is 0.0843. The van der Waals surface area contributed by atoms with Crippen LogP contribution in [0.25, 0.3) is 0 Å². The van der Waals surface area contributed by atoms with E-state index in [1.54, 1.807) is 39.8 Å². The van der Waals surface area contributed by atoms with Crippen molar-refractivity contribution < 1.29 is 19.4 Å². The monoisotopic (exact) mass is 224 g/mol. The van der Waals surface area contributed by atoms with E-state index in [4.69, 9.17) is 9.47 Å². The highest BCUT2D eigenvalue weighted by atomic mass is 16.7. The molecule has 4 heteroatoms. The van der Waals surface area contributed by atoms with Crippen LogP contribution in [0.5, 0.6) is 11.5 Å². The van der Waals surface area contributed by atoms with Crippen LogP contribution in [-0.4, -0.2) is 16.9 Å². The van der Waals surface area contributed by atoms with Gasteiger partial charge in [-0.05, 0) is 39.3 Å². The van der Waals surface area contributed by atoms with Crippen molar-refractivity contribution in [1.82, 2.24) is 0 Å². The average Bonchev–Trinajstić information content (AvgIpc) is 2.08. The molecule has 0 aliphatic heterocycles. The van der Waals surface area contributed by atoms with Crippen molar-refractivity contribution in [3.63, 3.8) is 0 Å². The third kappa shape index (κ3) is 3.81. The topological polar surface area (TPSA) is 55.8 Å². The largest absolute Gasteiger partial charge is 0.514 e. The highest BCUT2D eigenvalue weighted by molar-refractivity contribution is 5.64. The number of carbonyl (C=O) groups excluding carboxylic acids is 1. The smallest absolute Gasteiger partial charge is 0.508 e. The van der Waals surface area contributed by atoms with Crippen LogP contribution in [0, 0.1) is 6.92 Å². The molecule has 0 fully saturated rings. The van der Waals surface area contributed by atoms with Crippen molar-refractivity contribution in [2.24, 2.45) is 0 Å². The van der Waals surface area contributed by atoms with Crippen LogP contribution in [-0.2, 0) is 4.74 Å². The molecule has 0 aliphatic carbocycles. The lowest BCUT2D eigenvalue weighted by molar-refractivity contribution is 0.0206. The second-order valence-corrected chi connectivity index (χ2v) is 4.51. The molecule has 0 bridgehead atoms. The van der Waals surface area contributed by atoms with Gasteiger partial charge >= 0.3 is 6.16 Å². The Labute approximate surface area is 94.8 Å². The summed E-state index contributed by atoms with van der Waals surface area (Å²) in [5, 5.41) is 9.41. The van der Waals surface area contributed by atoms with Crippen molar-refractivity contribution in [3.8, 4) is 11.5 Å². The van der Waals surface area contributed by atoms with Gasteiger partial charge in [0.2, 0.25) is 0 Å². The van der Waals surface area contributed by atoms with Crippen LogP contribution in [0.1, 0.15) is 26.3 Å². The van der Waals surface area contributed by atoms with Gasteiger partial charge in [-0.2, -0.15) is 0 Å². The predicted octanol–water partition coefficient (Wildman–Crippen LogP) is 3.01. The van der Waals surface area contributed by atoms with Crippen LogP contribution < -0.4 is 4.74 Å². The second-order valence-electron chi connectivity index (χ2n) is 4.51. The number of hydrogen-bond donors (Lipinski definition) is 1. The Morgan fingerprint density at radius 3 is 2.44 bits per heavy atom. The molecule has 0 saturated carbocycles. The molecule has 0 unspecified atom stereocenters. The fourth-order valence-electron chi connectivity index (χ4n) is 1.02. The van der Waals surface area contributed by atoms with Gasteiger partial charge in [-0.25, -0.2) is 4.79 Å². The van der Waals surface area contributed by atoms with Crippen molar-refractivity contribution in [2.75, 3.05) is 0 Å². The van der Waals surface area contributed by atoms with E-state index in [0.717, 1.165) is 5.56 Å². The first kappa shape index (κ1) is 12.4. The van der Waals surface area contributed by atoms with Crippen LogP contribution >= 0.6 is 0 Å². The molecule has 0 heterocycles. The molecule has 4 nitrogen and oxygen atoms in total. The lowest BCUT2D eigenvalue weighted by atomic mass is 10.2. The van der Waals surface area contributed by atoms with Crippen LogP contribution in [0.4, 0.5) is 4.79 Å². The first-order valence-corrected chi connectivity index (χ1v) is 4.98. The molecule has 0 radical (unpaired) electrons. The standard InChI is InChI=1S/C12H16O4/c1-8-5-6-9(7-10(8)13)15-11(14)16-12(2,3)4/h5-7,13H,1-4H3. The van der Waals surface area contributed by atoms with Gasteiger partial charge in [0.1, 0.15) is 17.1 Å². The minimum atomic E-state index is -0.782. The van der Waals surface area contributed by atoms with Crippen molar-refractivity contribution in [1.29, 1.82) is 0 Å². The van der Waals surface area contributed by atoms with Gasteiger partial charge in [-0.3, -0.25) is 0 Å². The fraction of sp³-hybridized carbons (Fsp3) is 0.417. The number of carbonyl (C=O) groups is 1. The summed E-state index contributed by atoms with van der Waals surface area (Å²) in [6.07, 6.45) is -0.782. The van der Waals surface area contributed by atoms with E-state index in [9.17, 15) is 9.90 Å². The Kier molecular flexibility index (Phi) is 3.42. The number of hydrogen-bond acceptors (Lipinski definition) is 4. The highest BCUT2D eigenvalue weighted by Gasteiger charge is 2.18. The van der Waals surface area contributed by atoms with E-state index in [0.29, 0.717) is 0 Å². The second kappa shape index (κ2) is 4.43. The van der Waals surface area contributed by atoms with Crippen LogP contribution in [0.15, 0.2) is 18.2 Å². The van der Waals surface area contributed by atoms with Gasteiger partial charge < -0.3 is 14.6 Å². The third-order valence-corrected chi connectivity index (χ3v) is 1.77. The number of rotatable bonds is 1. The first-order chi connectivity index (χ1) is 7.28. The van der Waals surface area contributed by atoms with E-state index in [1.807, 2.05) is 0 Å². The number of aryl methyl sites for hydroxylation is 1. The van der Waals surface area contributed by atoms with Gasteiger partial charge in [0, 0.05) is 6.07 Å². The molecule has 1 N–H and O–H groups in total. The molecule has 0 aliphatic rings. The zero-order valence-corrected chi connectivity index (χ0v) is 9.90. The van der Waals surface area contributed by atoms with E-state index in [-0.39, 0.29) is 11.5 Å². The maximum atomic E-state index is 11.3. The normalized spacial score (nSPS) is 11.0. The molecule has 0 amide bonds. The predicted molar refractivity (Wildman–Crippen MR) is 59.7 cm³/mol. The molecule has 0 saturated heterocycles. The number of phenolic OH excluding ortho intramolecular Hbond substituents is 1. The summed E-state index contributed by atoms with van der Waals surface area (Å²) in [5.41, 5.74) is 0.126. The maximum Gasteiger partial charge on any atom is 0.514 e. The van der Waals surface area contributed by atoms with Crippen molar-refractivity contribution >= 4 is 6.16 Å². The van der Waals surface area contributed by atoms with Crippen molar-refractivity contribution in [2.45, 2.75) is 33.3 Å². The van der Waals surface area contributed by atoms with Gasteiger partial charge in [0.25, 0.3) is 0 Å². The fourth-order valence-corrected chi connectivity index (χ4v) is 1.02. The number of aromatic hydroxyl groups is 1. The lowest BCUT2D eigenvalue weighted by Crippen LogP contribution is -2.25. The van der Waals surface area contributed by atoms with Crippen LogP contribution in [0.2, 0.25) is 0 Å². The number of ether oxygens (including phenoxy) is 2. The summed E-state index contributed by atoms with van der Waals surface area (Å²) in [5.74, 6) is 0.346. The van der Waals surface area contributed by atoms with Gasteiger partial charge in [0.05, 0.1) is 0 Å². The molecular formula is C12H16O4. The molecule has 1 aromatic carbocycles. The Morgan fingerprint density at radius 2 is 1.94 bits per heavy atom. The molecule has 88 valence electrons. The summed E-state index contributed by atoms with van der Waals surface area (Å²) in [7, 11) is 0. The SMILES string of the molecule is Cc1ccc(OC(=O)OC(C)(C)C)cc1O. The Bertz CT molecular complexity index is 390. The van der Waals surface area contributed by atoms with Gasteiger partial charge in [-0.15, -0.1) is 0 Å². The maximum absolute atomic E-state index is 11.3. The third-order valence-electron chi connectivity index (χ3n) is 1.77. The van der Waals surface area contributed by atoms with E-state index in [1.165, 1.54) is 6.07 Å². The Hall–Kier alpha value is -1.71. The zero-order chi connectivity index (χ0) is 12.3. The highest BCUT2D eigenvalue weighted by Crippen LogP contribution is 2.23. The Balaban J connectivity index is 2.67. The first-order valence-electron chi connectivity index (χ1n) is 4.98. The molecule has 16 heavy (non-hydrogen) atoms. The molecule has 1 aromatic rings. The van der Waals surface area contributed by atoms with Crippen LogP contribution in [0.3, 0.4) is 0 Å². The summed E-state index contributed by atoms with van der Waals surface area (Å²) in [4.78, 5) is 11.3. The molecule has 1 rings (SSSR count). The zero-order valence-electron chi connectivity index (χ0n) is 9.90. The average molecular weight is 224 g/mol. The van der Waals surface area contributed by atoms with Gasteiger partial charge in [0.15, 0.2) is 0 Å². The summed E-state index contributed by atoms with van der Waals surface area (Å²) in [6.45, 7) is 7.01. The number of phenols is 1. The lowest BCUT2D eigenvalue weighted by Gasteiger charge is -2.18.